The molecule has 3 nitrogen and oxygen atoms in total. The van der Waals surface area contributed by atoms with Gasteiger partial charge in [-0.05, 0) is 37.0 Å². The predicted molar refractivity (Wildman–Crippen MR) is 68.4 cm³/mol. The molecule has 17 heavy (non-hydrogen) atoms. The van der Waals surface area contributed by atoms with Crippen molar-refractivity contribution in [2.24, 2.45) is 5.73 Å². The van der Waals surface area contributed by atoms with Gasteiger partial charge in [0.25, 0.3) is 0 Å². The molecule has 94 valence electrons. The van der Waals surface area contributed by atoms with Crippen LogP contribution in [0.1, 0.15) is 24.8 Å². The average molecular weight is 256 g/mol. The highest BCUT2D eigenvalue weighted by atomic mass is 35.5. The molecule has 0 aliphatic carbocycles. The lowest BCUT2D eigenvalue weighted by Gasteiger charge is -2.22. The fourth-order valence-electron chi connectivity index (χ4n) is 1.91. The molecular weight excluding hydrogens is 238 g/mol. The van der Waals surface area contributed by atoms with Crippen molar-refractivity contribution < 1.29 is 9.47 Å². The van der Waals surface area contributed by atoms with E-state index < -0.39 is 0 Å². The minimum Gasteiger partial charge on any atom is -0.491 e. The lowest BCUT2D eigenvalue weighted by molar-refractivity contribution is -0.0110. The van der Waals surface area contributed by atoms with Gasteiger partial charge in [-0.25, -0.2) is 0 Å². The first-order valence-corrected chi connectivity index (χ1v) is 6.40. The molecule has 4 heteroatoms. The third-order valence-corrected chi connectivity index (χ3v) is 3.31. The fourth-order valence-corrected chi connectivity index (χ4v) is 2.16. The molecule has 0 radical (unpaired) electrons. The van der Waals surface area contributed by atoms with E-state index in [9.17, 15) is 0 Å². The molecule has 1 unspecified atom stereocenters. The third kappa shape index (κ3) is 3.60. The van der Waals surface area contributed by atoms with Gasteiger partial charge in [0.2, 0.25) is 0 Å². The van der Waals surface area contributed by atoms with Gasteiger partial charge in [-0.2, -0.15) is 0 Å². The first-order chi connectivity index (χ1) is 8.29. The first kappa shape index (κ1) is 12.7. The molecule has 2 N–H and O–H groups in total. The van der Waals surface area contributed by atoms with Gasteiger partial charge in [0.05, 0.1) is 6.10 Å². The second-order valence-corrected chi connectivity index (χ2v) is 4.66. The zero-order valence-corrected chi connectivity index (χ0v) is 10.6. The second kappa shape index (κ2) is 6.24. The summed E-state index contributed by atoms with van der Waals surface area (Å²) in [7, 11) is 0. The Labute approximate surface area is 107 Å². The van der Waals surface area contributed by atoms with E-state index >= 15 is 0 Å². The quantitative estimate of drug-likeness (QED) is 0.900. The first-order valence-electron chi connectivity index (χ1n) is 6.02. The molecule has 0 spiro atoms. The van der Waals surface area contributed by atoms with Gasteiger partial charge < -0.3 is 15.2 Å². The molecule has 0 bridgehead atoms. The highest BCUT2D eigenvalue weighted by molar-refractivity contribution is 6.31. The Morgan fingerprint density at radius 2 is 2.29 bits per heavy atom. The highest BCUT2D eigenvalue weighted by Crippen LogP contribution is 2.23. The molecular formula is C13H18ClNO2. The summed E-state index contributed by atoms with van der Waals surface area (Å²) >= 11 is 6.06. The highest BCUT2D eigenvalue weighted by Gasteiger charge is 2.14. The van der Waals surface area contributed by atoms with Gasteiger partial charge in [-0.15, -0.1) is 0 Å². The molecule has 1 saturated heterocycles. The van der Waals surface area contributed by atoms with Crippen LogP contribution in [0.2, 0.25) is 5.02 Å². The van der Waals surface area contributed by atoms with E-state index in [1.165, 1.54) is 6.42 Å². The molecule has 1 aliphatic heterocycles. The molecule has 1 atom stereocenters. The second-order valence-electron chi connectivity index (χ2n) is 4.26. The van der Waals surface area contributed by atoms with Gasteiger partial charge in [-0.1, -0.05) is 17.7 Å². The van der Waals surface area contributed by atoms with Crippen molar-refractivity contribution in [2.75, 3.05) is 13.2 Å². The number of rotatable bonds is 4. The van der Waals surface area contributed by atoms with Crippen LogP contribution in [-0.4, -0.2) is 19.3 Å². The van der Waals surface area contributed by atoms with Crippen molar-refractivity contribution in [3.63, 3.8) is 0 Å². The number of benzene rings is 1. The van der Waals surface area contributed by atoms with Crippen molar-refractivity contribution in [3.05, 3.63) is 28.8 Å². The minimum absolute atomic E-state index is 0.219. The van der Waals surface area contributed by atoms with Gasteiger partial charge in [0, 0.05) is 18.2 Å². The molecule has 0 aromatic heterocycles. The Kier molecular flexibility index (Phi) is 4.66. The summed E-state index contributed by atoms with van der Waals surface area (Å²) in [5.74, 6) is 0.779. The maximum absolute atomic E-state index is 6.06. The van der Waals surface area contributed by atoms with Crippen LogP contribution in [-0.2, 0) is 11.3 Å². The Bertz CT molecular complexity index is 364. The SMILES string of the molecule is NCc1ccc(OCC2CCCCO2)cc1Cl. The maximum atomic E-state index is 6.06. The van der Waals surface area contributed by atoms with E-state index in [-0.39, 0.29) is 6.10 Å². The van der Waals surface area contributed by atoms with Crippen molar-refractivity contribution in [1.29, 1.82) is 0 Å². The topological polar surface area (TPSA) is 44.5 Å². The van der Waals surface area contributed by atoms with Crippen molar-refractivity contribution in [1.82, 2.24) is 0 Å². The largest absolute Gasteiger partial charge is 0.491 e. The smallest absolute Gasteiger partial charge is 0.120 e. The van der Waals surface area contributed by atoms with E-state index in [1.807, 2.05) is 18.2 Å². The zero-order valence-electron chi connectivity index (χ0n) is 9.82. The van der Waals surface area contributed by atoms with E-state index in [0.29, 0.717) is 18.2 Å². The number of hydrogen-bond donors (Lipinski definition) is 1. The van der Waals surface area contributed by atoms with E-state index in [2.05, 4.69) is 0 Å². The molecule has 1 aromatic carbocycles. The summed E-state index contributed by atoms with van der Waals surface area (Å²) in [6, 6.07) is 5.61. The van der Waals surface area contributed by atoms with Crippen LogP contribution in [0.5, 0.6) is 5.75 Å². The van der Waals surface area contributed by atoms with Crippen LogP contribution >= 0.6 is 11.6 Å². The summed E-state index contributed by atoms with van der Waals surface area (Å²) in [4.78, 5) is 0. The molecule has 1 aromatic rings. The van der Waals surface area contributed by atoms with Gasteiger partial charge >= 0.3 is 0 Å². The molecule has 2 rings (SSSR count). The van der Waals surface area contributed by atoms with Crippen LogP contribution in [0, 0.1) is 0 Å². The summed E-state index contributed by atoms with van der Waals surface area (Å²) in [5.41, 5.74) is 6.48. The standard InChI is InChI=1S/C13H18ClNO2/c14-13-7-11(5-4-10(13)8-15)17-9-12-3-1-2-6-16-12/h4-5,7,12H,1-3,6,8-9,15H2. The number of halogens is 1. The fraction of sp³-hybridized carbons (Fsp3) is 0.538. The summed E-state index contributed by atoms with van der Waals surface area (Å²) < 4.78 is 11.3. The minimum atomic E-state index is 0.219. The van der Waals surface area contributed by atoms with Crippen LogP contribution in [0.4, 0.5) is 0 Å². The Morgan fingerprint density at radius 3 is 2.94 bits per heavy atom. The molecule has 1 aliphatic rings. The maximum Gasteiger partial charge on any atom is 0.120 e. The van der Waals surface area contributed by atoms with Crippen molar-refractivity contribution in [3.8, 4) is 5.75 Å². The van der Waals surface area contributed by atoms with Gasteiger partial charge in [-0.3, -0.25) is 0 Å². The number of nitrogens with two attached hydrogens (primary N) is 1. The third-order valence-electron chi connectivity index (χ3n) is 2.95. The number of ether oxygens (including phenoxy) is 2. The van der Waals surface area contributed by atoms with Gasteiger partial charge in [0.15, 0.2) is 0 Å². The Hall–Kier alpha value is -0.770. The lowest BCUT2D eigenvalue weighted by atomic mass is 10.1. The predicted octanol–water partition coefficient (Wildman–Crippen LogP) is 2.75. The van der Waals surface area contributed by atoms with Crippen molar-refractivity contribution >= 4 is 11.6 Å². The van der Waals surface area contributed by atoms with E-state index in [0.717, 1.165) is 30.8 Å². The lowest BCUT2D eigenvalue weighted by Crippen LogP contribution is -2.25. The molecule has 1 heterocycles. The summed E-state index contributed by atoms with van der Waals surface area (Å²) in [6.45, 7) is 1.89. The van der Waals surface area contributed by atoms with Crippen LogP contribution < -0.4 is 10.5 Å². The van der Waals surface area contributed by atoms with E-state index in [4.69, 9.17) is 26.8 Å². The Morgan fingerprint density at radius 1 is 1.41 bits per heavy atom. The molecule has 0 saturated carbocycles. The molecule has 1 fully saturated rings. The van der Waals surface area contributed by atoms with E-state index in [1.54, 1.807) is 0 Å². The summed E-state index contributed by atoms with van der Waals surface area (Å²) in [6.07, 6.45) is 3.68. The average Bonchev–Trinajstić information content (AvgIpc) is 2.38. The van der Waals surface area contributed by atoms with Crippen molar-refractivity contribution in [2.45, 2.75) is 31.9 Å². The normalized spacial score (nSPS) is 20.2. The monoisotopic (exact) mass is 255 g/mol. The van der Waals surface area contributed by atoms with Crippen LogP contribution in [0.3, 0.4) is 0 Å². The van der Waals surface area contributed by atoms with Crippen LogP contribution in [0.25, 0.3) is 0 Å². The Balaban J connectivity index is 1.87. The molecule has 0 amide bonds. The summed E-state index contributed by atoms with van der Waals surface area (Å²) in [5, 5.41) is 0.662. The number of hydrogen-bond acceptors (Lipinski definition) is 3. The van der Waals surface area contributed by atoms with Gasteiger partial charge in [0.1, 0.15) is 12.4 Å². The zero-order chi connectivity index (χ0) is 12.1. The van der Waals surface area contributed by atoms with Crippen LogP contribution in [0.15, 0.2) is 18.2 Å².